The van der Waals surface area contributed by atoms with Crippen LogP contribution < -0.4 is 0 Å². The van der Waals surface area contributed by atoms with Gasteiger partial charge in [0, 0.05) is 19.0 Å². The summed E-state index contributed by atoms with van der Waals surface area (Å²) in [6.45, 7) is 2.11. The number of pyridine rings is 1. The maximum Gasteiger partial charge on any atom is 0.255 e. The number of benzene rings is 1. The number of hydrogen-bond donors (Lipinski definition) is 1. The van der Waals surface area contributed by atoms with Crippen LogP contribution in [0.1, 0.15) is 16.1 Å². The molecule has 1 N–H and O–H groups in total. The van der Waals surface area contributed by atoms with Crippen LogP contribution in [0.3, 0.4) is 0 Å². The molecule has 0 radical (unpaired) electrons. The topological polar surface area (TPSA) is 53.4 Å². The second-order valence-electron chi connectivity index (χ2n) is 4.26. The molecule has 0 fully saturated rings. The molecule has 1 aromatic carbocycles. The molecular formula is C14H16N2O2. The smallest absolute Gasteiger partial charge is 0.255 e. The summed E-state index contributed by atoms with van der Waals surface area (Å²) in [5.41, 5.74) is 2.18. The van der Waals surface area contributed by atoms with E-state index < -0.39 is 0 Å². The zero-order valence-electron chi connectivity index (χ0n) is 10.6. The molecule has 18 heavy (non-hydrogen) atoms. The van der Waals surface area contributed by atoms with Crippen LogP contribution in [0.25, 0.3) is 10.9 Å². The number of hydrogen-bond acceptors (Lipinski definition) is 3. The Morgan fingerprint density at radius 3 is 2.83 bits per heavy atom. The lowest BCUT2D eigenvalue weighted by Gasteiger charge is -2.17. The maximum absolute atomic E-state index is 12.2. The third-order valence-electron chi connectivity index (χ3n) is 2.93. The van der Waals surface area contributed by atoms with Gasteiger partial charge < -0.3 is 10.0 Å². The summed E-state index contributed by atoms with van der Waals surface area (Å²) in [6.07, 6.45) is 0. The number of aliphatic hydroxyl groups is 1. The van der Waals surface area contributed by atoms with Crippen LogP contribution in [-0.2, 0) is 0 Å². The highest BCUT2D eigenvalue weighted by molar-refractivity contribution is 5.98. The number of aliphatic hydroxyl groups excluding tert-OH is 1. The summed E-state index contributed by atoms with van der Waals surface area (Å²) in [5, 5.41) is 9.81. The van der Waals surface area contributed by atoms with Gasteiger partial charge in [-0.25, -0.2) is 0 Å². The number of nitrogens with zero attached hydrogens (tertiary/aromatic N) is 2. The number of aryl methyl sites for hydroxylation is 1. The molecular weight excluding hydrogens is 228 g/mol. The van der Waals surface area contributed by atoms with Gasteiger partial charge in [0.15, 0.2) is 0 Å². The van der Waals surface area contributed by atoms with E-state index in [2.05, 4.69) is 4.98 Å². The van der Waals surface area contributed by atoms with Gasteiger partial charge in [-0.3, -0.25) is 9.78 Å². The predicted octanol–water partition coefficient (Wildman–Crippen LogP) is 1.61. The van der Waals surface area contributed by atoms with Gasteiger partial charge >= 0.3 is 0 Å². The molecule has 0 spiro atoms. The minimum Gasteiger partial charge on any atom is -0.395 e. The Kier molecular flexibility index (Phi) is 3.58. The van der Waals surface area contributed by atoms with Crippen molar-refractivity contribution in [2.45, 2.75) is 6.92 Å². The van der Waals surface area contributed by atoms with Gasteiger partial charge in [-0.1, -0.05) is 18.2 Å². The van der Waals surface area contributed by atoms with E-state index in [1.807, 2.05) is 37.3 Å². The number of carbonyl (C=O) groups is 1. The standard InChI is InChI=1S/C14H16N2O2/c1-10-12(14(18)16(2)7-8-17)9-11-5-3-4-6-13(11)15-10/h3-6,9,17H,7-8H2,1-2H3. The average molecular weight is 244 g/mol. The third-order valence-corrected chi connectivity index (χ3v) is 2.93. The highest BCUT2D eigenvalue weighted by Gasteiger charge is 2.15. The Balaban J connectivity index is 2.44. The van der Waals surface area contributed by atoms with E-state index in [1.165, 1.54) is 4.90 Å². The Hall–Kier alpha value is -1.94. The quantitative estimate of drug-likeness (QED) is 0.892. The van der Waals surface area contributed by atoms with Crippen LogP contribution in [0.2, 0.25) is 0 Å². The van der Waals surface area contributed by atoms with E-state index in [0.717, 1.165) is 10.9 Å². The largest absolute Gasteiger partial charge is 0.395 e. The number of carbonyl (C=O) groups excluding carboxylic acids is 1. The van der Waals surface area contributed by atoms with Crippen LogP contribution in [0.4, 0.5) is 0 Å². The number of para-hydroxylation sites is 1. The molecule has 94 valence electrons. The molecule has 0 atom stereocenters. The van der Waals surface area contributed by atoms with E-state index in [9.17, 15) is 4.79 Å². The fraction of sp³-hybridized carbons (Fsp3) is 0.286. The van der Waals surface area contributed by atoms with Crippen molar-refractivity contribution in [2.24, 2.45) is 0 Å². The van der Waals surface area contributed by atoms with Crippen LogP contribution in [0, 0.1) is 6.92 Å². The Morgan fingerprint density at radius 1 is 1.39 bits per heavy atom. The van der Waals surface area contributed by atoms with Gasteiger partial charge in [0.25, 0.3) is 5.91 Å². The molecule has 4 heteroatoms. The van der Waals surface area contributed by atoms with Crippen LogP contribution in [0.5, 0.6) is 0 Å². The Morgan fingerprint density at radius 2 is 2.11 bits per heavy atom. The van der Waals surface area contributed by atoms with E-state index in [-0.39, 0.29) is 12.5 Å². The summed E-state index contributed by atoms with van der Waals surface area (Å²) in [4.78, 5) is 18.1. The normalized spacial score (nSPS) is 10.6. The van der Waals surface area contributed by atoms with E-state index in [4.69, 9.17) is 5.11 Å². The van der Waals surface area contributed by atoms with Gasteiger partial charge in [-0.15, -0.1) is 0 Å². The lowest BCUT2D eigenvalue weighted by atomic mass is 10.1. The molecule has 0 saturated heterocycles. The summed E-state index contributed by atoms with van der Waals surface area (Å²) in [6, 6.07) is 9.56. The fourth-order valence-electron chi connectivity index (χ4n) is 1.89. The van der Waals surface area contributed by atoms with Crippen molar-refractivity contribution in [1.29, 1.82) is 0 Å². The number of fused-ring (bicyclic) bond motifs is 1. The van der Waals surface area contributed by atoms with Crippen LogP contribution in [0.15, 0.2) is 30.3 Å². The highest BCUT2D eigenvalue weighted by Crippen LogP contribution is 2.17. The van der Waals surface area contributed by atoms with Gasteiger partial charge in [0.05, 0.1) is 23.4 Å². The van der Waals surface area contributed by atoms with Gasteiger partial charge in [0.1, 0.15) is 0 Å². The van der Waals surface area contributed by atoms with Gasteiger partial charge in [0.2, 0.25) is 0 Å². The van der Waals surface area contributed by atoms with Gasteiger partial charge in [-0.05, 0) is 19.1 Å². The van der Waals surface area contributed by atoms with Crippen molar-refractivity contribution < 1.29 is 9.90 Å². The molecule has 0 aliphatic rings. The lowest BCUT2D eigenvalue weighted by molar-refractivity contribution is 0.0766. The lowest BCUT2D eigenvalue weighted by Crippen LogP contribution is -2.30. The summed E-state index contributed by atoms with van der Waals surface area (Å²) in [7, 11) is 1.67. The number of likely N-dealkylation sites (N-methyl/N-ethyl adjacent to an activating group) is 1. The molecule has 0 bridgehead atoms. The first-order valence-corrected chi connectivity index (χ1v) is 5.86. The van der Waals surface area contributed by atoms with Crippen LogP contribution in [-0.4, -0.2) is 41.1 Å². The summed E-state index contributed by atoms with van der Waals surface area (Å²) >= 11 is 0. The first-order valence-electron chi connectivity index (χ1n) is 5.86. The van der Waals surface area contributed by atoms with Crippen molar-refractivity contribution in [3.05, 3.63) is 41.6 Å². The zero-order chi connectivity index (χ0) is 13.1. The Bertz CT molecular complexity index is 581. The second kappa shape index (κ2) is 5.14. The first kappa shape index (κ1) is 12.5. The number of rotatable bonds is 3. The average Bonchev–Trinajstić information content (AvgIpc) is 2.37. The van der Waals surface area contributed by atoms with Crippen molar-refractivity contribution in [2.75, 3.05) is 20.2 Å². The van der Waals surface area contributed by atoms with Crippen molar-refractivity contribution >= 4 is 16.8 Å². The first-order chi connectivity index (χ1) is 8.63. The van der Waals surface area contributed by atoms with Crippen LogP contribution >= 0.6 is 0 Å². The zero-order valence-corrected chi connectivity index (χ0v) is 10.6. The second-order valence-corrected chi connectivity index (χ2v) is 4.26. The maximum atomic E-state index is 12.2. The minimum atomic E-state index is -0.111. The summed E-state index contributed by atoms with van der Waals surface area (Å²) in [5.74, 6) is -0.111. The molecule has 0 unspecified atom stereocenters. The highest BCUT2D eigenvalue weighted by atomic mass is 16.3. The molecule has 2 aromatic rings. The van der Waals surface area contributed by atoms with E-state index in [0.29, 0.717) is 17.8 Å². The van der Waals surface area contributed by atoms with E-state index >= 15 is 0 Å². The molecule has 1 amide bonds. The third kappa shape index (κ3) is 2.33. The van der Waals surface area contributed by atoms with Gasteiger partial charge in [-0.2, -0.15) is 0 Å². The van der Waals surface area contributed by atoms with E-state index in [1.54, 1.807) is 7.05 Å². The monoisotopic (exact) mass is 244 g/mol. The molecule has 1 aromatic heterocycles. The number of amides is 1. The van der Waals surface area contributed by atoms with Crippen molar-refractivity contribution in [3.8, 4) is 0 Å². The molecule has 4 nitrogen and oxygen atoms in total. The summed E-state index contributed by atoms with van der Waals surface area (Å²) < 4.78 is 0. The predicted molar refractivity (Wildman–Crippen MR) is 70.5 cm³/mol. The fourth-order valence-corrected chi connectivity index (χ4v) is 1.89. The molecule has 0 aliphatic carbocycles. The molecule has 0 saturated carbocycles. The number of aromatic nitrogens is 1. The minimum absolute atomic E-state index is 0.0394. The van der Waals surface area contributed by atoms with Crippen molar-refractivity contribution in [3.63, 3.8) is 0 Å². The molecule has 2 rings (SSSR count). The SMILES string of the molecule is Cc1nc2ccccc2cc1C(=O)N(C)CCO. The molecule has 0 aliphatic heterocycles. The Labute approximate surface area is 106 Å². The van der Waals surface area contributed by atoms with Crippen molar-refractivity contribution in [1.82, 2.24) is 9.88 Å². The molecule has 1 heterocycles.